The summed E-state index contributed by atoms with van der Waals surface area (Å²) in [6.07, 6.45) is 3.27. The number of aromatic amines is 1. The van der Waals surface area contributed by atoms with Gasteiger partial charge < -0.3 is 20.7 Å². The Morgan fingerprint density at radius 3 is 2.93 bits per heavy atom. The molecule has 4 N–H and O–H groups in total. The standard InChI is InChI=1S/C17H20N8O3/c1-17(14(27)28-2)6-4-8-25(17)16-20-12-5-3-7-24(12)15(21-16)19-11-9-10(13(18)26)22-23-11/h3,5,7,9H,4,6,8H2,1-2H3,(H2,18,26)(H2,19,20,21,22,23). The predicted octanol–water partition coefficient (Wildman–Crippen LogP) is 0.827. The second-order valence-corrected chi connectivity index (χ2v) is 6.76. The van der Waals surface area contributed by atoms with Gasteiger partial charge in [-0.25, -0.2) is 4.79 Å². The van der Waals surface area contributed by atoms with E-state index in [-0.39, 0.29) is 11.7 Å². The smallest absolute Gasteiger partial charge is 0.331 e. The number of fused-ring (bicyclic) bond motifs is 1. The molecule has 0 spiro atoms. The molecule has 1 unspecified atom stereocenters. The number of nitrogens with one attached hydrogen (secondary N) is 2. The molecule has 0 radical (unpaired) electrons. The fourth-order valence-electron chi connectivity index (χ4n) is 3.47. The number of amides is 1. The Balaban J connectivity index is 1.74. The summed E-state index contributed by atoms with van der Waals surface area (Å²) in [4.78, 5) is 34.7. The summed E-state index contributed by atoms with van der Waals surface area (Å²) in [5, 5.41) is 9.65. The monoisotopic (exact) mass is 384 g/mol. The number of nitrogens with two attached hydrogens (primary N) is 1. The molecule has 0 bridgehead atoms. The van der Waals surface area contributed by atoms with E-state index in [0.717, 1.165) is 6.42 Å². The van der Waals surface area contributed by atoms with E-state index in [2.05, 4.69) is 25.5 Å². The van der Waals surface area contributed by atoms with Crippen molar-refractivity contribution in [3.63, 3.8) is 0 Å². The van der Waals surface area contributed by atoms with Crippen LogP contribution in [0.15, 0.2) is 24.4 Å². The first-order chi connectivity index (χ1) is 13.4. The van der Waals surface area contributed by atoms with Crippen molar-refractivity contribution in [2.24, 2.45) is 5.73 Å². The third-order valence-electron chi connectivity index (χ3n) is 4.97. The Kier molecular flexibility index (Phi) is 4.13. The molecule has 4 heterocycles. The lowest BCUT2D eigenvalue weighted by Crippen LogP contribution is -2.49. The van der Waals surface area contributed by atoms with Crippen molar-refractivity contribution < 1.29 is 14.3 Å². The van der Waals surface area contributed by atoms with Gasteiger partial charge in [-0.2, -0.15) is 15.1 Å². The van der Waals surface area contributed by atoms with E-state index in [1.807, 2.05) is 24.0 Å². The number of anilines is 3. The summed E-state index contributed by atoms with van der Waals surface area (Å²) in [6.45, 7) is 2.47. The summed E-state index contributed by atoms with van der Waals surface area (Å²) in [5.41, 5.74) is 5.25. The van der Waals surface area contributed by atoms with Gasteiger partial charge in [0.05, 0.1) is 7.11 Å². The number of carbonyl (C=O) groups is 2. The summed E-state index contributed by atoms with van der Waals surface area (Å²) in [7, 11) is 1.38. The molecule has 1 amide bonds. The van der Waals surface area contributed by atoms with Crippen LogP contribution in [0.25, 0.3) is 5.65 Å². The van der Waals surface area contributed by atoms with E-state index in [1.54, 1.807) is 10.6 Å². The van der Waals surface area contributed by atoms with Crippen LogP contribution in [0, 0.1) is 0 Å². The van der Waals surface area contributed by atoms with Crippen LogP contribution in [0.1, 0.15) is 30.3 Å². The summed E-state index contributed by atoms with van der Waals surface area (Å²) < 4.78 is 6.74. The van der Waals surface area contributed by atoms with E-state index in [4.69, 9.17) is 10.5 Å². The molecule has 1 atom stereocenters. The third-order valence-corrected chi connectivity index (χ3v) is 4.97. The molecule has 11 nitrogen and oxygen atoms in total. The number of hydrogen-bond acceptors (Lipinski definition) is 8. The van der Waals surface area contributed by atoms with Crippen molar-refractivity contribution in [3.8, 4) is 0 Å². The molecule has 11 heteroatoms. The maximum atomic E-state index is 12.4. The van der Waals surface area contributed by atoms with Crippen LogP contribution < -0.4 is 16.0 Å². The fourth-order valence-corrected chi connectivity index (χ4v) is 3.47. The second kappa shape index (κ2) is 6.51. The summed E-state index contributed by atoms with van der Waals surface area (Å²) in [5.74, 6) is 0.291. The van der Waals surface area contributed by atoms with Crippen LogP contribution in [0.3, 0.4) is 0 Å². The zero-order valence-corrected chi connectivity index (χ0v) is 15.5. The topological polar surface area (TPSA) is 144 Å². The zero-order chi connectivity index (χ0) is 19.9. The first-order valence-corrected chi connectivity index (χ1v) is 8.76. The van der Waals surface area contributed by atoms with Crippen LogP contribution in [0.4, 0.5) is 17.7 Å². The van der Waals surface area contributed by atoms with Gasteiger partial charge in [0, 0.05) is 18.8 Å². The lowest BCUT2D eigenvalue weighted by atomic mass is 9.99. The molecule has 28 heavy (non-hydrogen) atoms. The average molecular weight is 384 g/mol. The Labute approximate surface area is 159 Å². The van der Waals surface area contributed by atoms with Gasteiger partial charge in [-0.05, 0) is 31.9 Å². The van der Waals surface area contributed by atoms with Crippen molar-refractivity contribution in [2.45, 2.75) is 25.3 Å². The van der Waals surface area contributed by atoms with Crippen LogP contribution in [0.5, 0.6) is 0 Å². The van der Waals surface area contributed by atoms with Crippen molar-refractivity contribution in [1.29, 1.82) is 0 Å². The Morgan fingerprint density at radius 2 is 2.21 bits per heavy atom. The normalized spacial score (nSPS) is 19.1. The minimum absolute atomic E-state index is 0.179. The number of carbonyl (C=O) groups excluding carboxylic acids is 2. The SMILES string of the molecule is COC(=O)C1(C)CCCN1c1nc(Nc2cc(C(N)=O)[nH]n2)n2cccc2n1. The Hall–Kier alpha value is -3.63. The van der Waals surface area contributed by atoms with E-state index in [0.29, 0.717) is 36.3 Å². The van der Waals surface area contributed by atoms with Crippen molar-refractivity contribution in [1.82, 2.24) is 24.6 Å². The minimum atomic E-state index is -0.831. The number of nitrogens with zero attached hydrogens (tertiary/aromatic N) is 5. The van der Waals surface area contributed by atoms with Gasteiger partial charge in [0.2, 0.25) is 11.9 Å². The maximum absolute atomic E-state index is 12.4. The quantitative estimate of drug-likeness (QED) is 0.549. The first-order valence-electron chi connectivity index (χ1n) is 8.76. The summed E-state index contributed by atoms with van der Waals surface area (Å²) >= 11 is 0. The highest BCUT2D eigenvalue weighted by Gasteiger charge is 2.45. The largest absolute Gasteiger partial charge is 0.467 e. The summed E-state index contributed by atoms with van der Waals surface area (Å²) in [6, 6.07) is 5.16. The number of aromatic nitrogens is 5. The molecule has 1 fully saturated rings. The number of esters is 1. The average Bonchev–Trinajstić information content (AvgIpc) is 3.40. The van der Waals surface area contributed by atoms with E-state index >= 15 is 0 Å². The molecule has 3 aromatic rings. The highest BCUT2D eigenvalue weighted by Crippen LogP contribution is 2.34. The molecule has 0 aliphatic carbocycles. The molecular weight excluding hydrogens is 364 g/mol. The van der Waals surface area contributed by atoms with Gasteiger partial charge in [0.1, 0.15) is 16.9 Å². The van der Waals surface area contributed by atoms with Gasteiger partial charge in [-0.3, -0.25) is 14.3 Å². The van der Waals surface area contributed by atoms with Crippen molar-refractivity contribution in [2.75, 3.05) is 23.9 Å². The minimum Gasteiger partial charge on any atom is -0.467 e. The van der Waals surface area contributed by atoms with Gasteiger partial charge in [0.15, 0.2) is 5.82 Å². The highest BCUT2D eigenvalue weighted by molar-refractivity contribution is 5.91. The highest BCUT2D eigenvalue weighted by atomic mass is 16.5. The molecule has 146 valence electrons. The van der Waals surface area contributed by atoms with Gasteiger partial charge in [-0.1, -0.05) is 0 Å². The predicted molar refractivity (Wildman–Crippen MR) is 100 cm³/mol. The van der Waals surface area contributed by atoms with Crippen molar-refractivity contribution in [3.05, 3.63) is 30.1 Å². The fraction of sp³-hybridized carbons (Fsp3) is 0.353. The lowest BCUT2D eigenvalue weighted by Gasteiger charge is -2.32. The van der Waals surface area contributed by atoms with Crippen LogP contribution in [-0.2, 0) is 9.53 Å². The number of H-pyrrole nitrogens is 1. The van der Waals surface area contributed by atoms with E-state index in [9.17, 15) is 9.59 Å². The molecule has 3 aromatic heterocycles. The van der Waals surface area contributed by atoms with Gasteiger partial charge >= 0.3 is 5.97 Å². The number of hydrogen-bond donors (Lipinski definition) is 3. The molecule has 1 aliphatic rings. The number of primary amides is 1. The van der Waals surface area contributed by atoms with Gasteiger partial charge in [0.25, 0.3) is 5.91 Å². The van der Waals surface area contributed by atoms with Crippen LogP contribution in [0.2, 0.25) is 0 Å². The molecule has 4 rings (SSSR count). The molecule has 0 aromatic carbocycles. The number of ether oxygens (including phenoxy) is 1. The maximum Gasteiger partial charge on any atom is 0.331 e. The molecular formula is C17H20N8O3. The Morgan fingerprint density at radius 1 is 1.39 bits per heavy atom. The number of rotatable bonds is 5. The third kappa shape index (κ3) is 2.80. The second-order valence-electron chi connectivity index (χ2n) is 6.76. The van der Waals surface area contributed by atoms with Gasteiger partial charge in [-0.15, -0.1) is 0 Å². The number of methoxy groups -OCH3 is 1. The lowest BCUT2D eigenvalue weighted by molar-refractivity contribution is -0.146. The molecule has 0 saturated carbocycles. The van der Waals surface area contributed by atoms with Crippen molar-refractivity contribution >= 4 is 35.2 Å². The van der Waals surface area contributed by atoms with E-state index < -0.39 is 11.4 Å². The van der Waals surface area contributed by atoms with E-state index in [1.165, 1.54) is 13.2 Å². The zero-order valence-electron chi connectivity index (χ0n) is 15.5. The van der Waals surface area contributed by atoms with Crippen LogP contribution in [-0.4, -0.2) is 55.6 Å². The molecule has 1 aliphatic heterocycles. The Bertz CT molecular complexity index is 1060. The van der Waals surface area contributed by atoms with Crippen LogP contribution >= 0.6 is 0 Å². The first kappa shape index (κ1) is 17.8. The molecule has 1 saturated heterocycles.